The molecule has 0 unspecified atom stereocenters. The van der Waals surface area contributed by atoms with E-state index in [9.17, 15) is 4.79 Å². The highest BCUT2D eigenvalue weighted by atomic mass is 16.2. The maximum absolute atomic E-state index is 12.3. The summed E-state index contributed by atoms with van der Waals surface area (Å²) in [7, 11) is 1.92. The molecule has 0 fully saturated rings. The van der Waals surface area contributed by atoms with Crippen LogP contribution in [0.1, 0.15) is 12.6 Å². The number of nitrogens with zero attached hydrogens (tertiary/aromatic N) is 3. The minimum atomic E-state index is -0.291. The van der Waals surface area contributed by atoms with E-state index in [-0.39, 0.29) is 11.9 Å². The van der Waals surface area contributed by atoms with Gasteiger partial charge in [0, 0.05) is 18.1 Å². The SMILES string of the molecule is C[C@H](C(=O)Nc1ccccn1)N(C)Cc1ccc2ccccc2n1. The Morgan fingerprint density at radius 3 is 2.71 bits per heavy atom. The Balaban J connectivity index is 1.66. The molecule has 0 aliphatic carbocycles. The van der Waals surface area contributed by atoms with Crippen molar-refractivity contribution in [3.05, 3.63) is 66.5 Å². The normalized spacial score (nSPS) is 12.3. The van der Waals surface area contributed by atoms with Crippen molar-refractivity contribution in [3.8, 4) is 0 Å². The first-order valence-corrected chi connectivity index (χ1v) is 7.90. The number of nitrogens with one attached hydrogen (secondary N) is 1. The van der Waals surface area contributed by atoms with E-state index in [1.165, 1.54) is 0 Å². The topological polar surface area (TPSA) is 58.1 Å². The van der Waals surface area contributed by atoms with Gasteiger partial charge >= 0.3 is 0 Å². The Labute approximate surface area is 141 Å². The second-order valence-electron chi connectivity index (χ2n) is 5.79. The minimum absolute atomic E-state index is 0.0861. The summed E-state index contributed by atoms with van der Waals surface area (Å²) >= 11 is 0. The molecule has 2 heterocycles. The molecule has 0 saturated carbocycles. The minimum Gasteiger partial charge on any atom is -0.309 e. The molecule has 1 amide bonds. The zero-order chi connectivity index (χ0) is 16.9. The number of amides is 1. The summed E-state index contributed by atoms with van der Waals surface area (Å²) < 4.78 is 0. The number of benzene rings is 1. The van der Waals surface area contributed by atoms with Crippen molar-refractivity contribution in [2.45, 2.75) is 19.5 Å². The van der Waals surface area contributed by atoms with Gasteiger partial charge in [0.25, 0.3) is 0 Å². The van der Waals surface area contributed by atoms with Gasteiger partial charge in [-0.1, -0.05) is 30.3 Å². The quantitative estimate of drug-likeness (QED) is 0.785. The van der Waals surface area contributed by atoms with E-state index in [1.54, 1.807) is 12.3 Å². The van der Waals surface area contributed by atoms with E-state index in [4.69, 9.17) is 0 Å². The Bertz CT molecular complexity index is 835. The van der Waals surface area contributed by atoms with E-state index in [2.05, 4.69) is 21.4 Å². The van der Waals surface area contributed by atoms with Crippen LogP contribution < -0.4 is 5.32 Å². The number of aromatic nitrogens is 2. The van der Waals surface area contributed by atoms with Crippen LogP contribution in [0.2, 0.25) is 0 Å². The van der Waals surface area contributed by atoms with Gasteiger partial charge in [-0.2, -0.15) is 0 Å². The van der Waals surface area contributed by atoms with E-state index < -0.39 is 0 Å². The Morgan fingerprint density at radius 1 is 1.12 bits per heavy atom. The smallest absolute Gasteiger partial charge is 0.242 e. The van der Waals surface area contributed by atoms with Gasteiger partial charge in [-0.05, 0) is 38.2 Å². The second-order valence-corrected chi connectivity index (χ2v) is 5.79. The predicted octanol–water partition coefficient (Wildman–Crippen LogP) is 3.09. The third-order valence-corrected chi connectivity index (χ3v) is 4.02. The van der Waals surface area contributed by atoms with Gasteiger partial charge in [0.1, 0.15) is 5.82 Å². The van der Waals surface area contributed by atoms with Crippen LogP contribution in [0.5, 0.6) is 0 Å². The lowest BCUT2D eigenvalue weighted by atomic mass is 10.2. The zero-order valence-electron chi connectivity index (χ0n) is 13.8. The monoisotopic (exact) mass is 320 g/mol. The van der Waals surface area contributed by atoms with E-state index >= 15 is 0 Å². The van der Waals surface area contributed by atoms with Crippen molar-refractivity contribution in [1.82, 2.24) is 14.9 Å². The van der Waals surface area contributed by atoms with Gasteiger partial charge in [0.2, 0.25) is 5.91 Å². The van der Waals surface area contributed by atoms with Crippen LogP contribution in [0, 0.1) is 0 Å². The lowest BCUT2D eigenvalue weighted by molar-refractivity contribution is -0.120. The summed E-state index contributed by atoms with van der Waals surface area (Å²) in [6.45, 7) is 2.47. The molecule has 24 heavy (non-hydrogen) atoms. The van der Waals surface area contributed by atoms with Crippen LogP contribution in [0.25, 0.3) is 10.9 Å². The van der Waals surface area contributed by atoms with Gasteiger partial charge in [-0.15, -0.1) is 0 Å². The molecule has 3 rings (SSSR count). The van der Waals surface area contributed by atoms with Crippen LogP contribution >= 0.6 is 0 Å². The Hall–Kier alpha value is -2.79. The second kappa shape index (κ2) is 7.19. The third-order valence-electron chi connectivity index (χ3n) is 4.02. The molecular weight excluding hydrogens is 300 g/mol. The first kappa shape index (κ1) is 16.1. The molecule has 1 atom stereocenters. The van der Waals surface area contributed by atoms with Crippen LogP contribution in [-0.2, 0) is 11.3 Å². The Morgan fingerprint density at radius 2 is 1.92 bits per heavy atom. The average molecular weight is 320 g/mol. The van der Waals surface area contributed by atoms with Crippen molar-refractivity contribution >= 4 is 22.6 Å². The number of likely N-dealkylation sites (N-methyl/N-ethyl adjacent to an activating group) is 1. The van der Waals surface area contributed by atoms with Crippen LogP contribution in [0.4, 0.5) is 5.82 Å². The number of pyridine rings is 2. The largest absolute Gasteiger partial charge is 0.309 e. The molecule has 0 radical (unpaired) electrons. The molecule has 1 aromatic carbocycles. The van der Waals surface area contributed by atoms with Crippen LogP contribution in [0.15, 0.2) is 60.8 Å². The molecule has 2 aromatic heterocycles. The Kier molecular flexibility index (Phi) is 4.82. The van der Waals surface area contributed by atoms with Crippen LogP contribution in [-0.4, -0.2) is 33.9 Å². The zero-order valence-corrected chi connectivity index (χ0v) is 13.8. The summed E-state index contributed by atoms with van der Waals surface area (Å²) in [6, 6.07) is 17.2. The van der Waals surface area contributed by atoms with Gasteiger partial charge in [-0.3, -0.25) is 14.7 Å². The summed E-state index contributed by atoms with van der Waals surface area (Å²) in [4.78, 5) is 23.1. The predicted molar refractivity (Wildman–Crippen MR) is 95.5 cm³/mol. The van der Waals surface area contributed by atoms with Crippen molar-refractivity contribution in [2.75, 3.05) is 12.4 Å². The number of hydrogen-bond donors (Lipinski definition) is 1. The lowest BCUT2D eigenvalue weighted by Gasteiger charge is -2.23. The first-order valence-electron chi connectivity index (χ1n) is 7.90. The molecule has 0 saturated heterocycles. The van der Waals surface area contributed by atoms with Crippen molar-refractivity contribution in [3.63, 3.8) is 0 Å². The summed E-state index contributed by atoms with van der Waals surface area (Å²) in [5.41, 5.74) is 1.91. The molecule has 1 N–H and O–H groups in total. The fraction of sp³-hybridized carbons (Fsp3) is 0.211. The van der Waals surface area contributed by atoms with Gasteiger partial charge in [0.05, 0.1) is 17.3 Å². The fourth-order valence-electron chi connectivity index (χ4n) is 2.46. The standard InChI is InChI=1S/C19H20N4O/c1-14(19(24)22-18-9-5-6-12-20-18)23(2)13-16-11-10-15-7-3-4-8-17(15)21-16/h3-12,14H,13H2,1-2H3,(H,20,22,24)/t14-/m1/s1. The van der Waals surface area contributed by atoms with E-state index in [0.29, 0.717) is 12.4 Å². The first-order chi connectivity index (χ1) is 11.6. The molecule has 0 aliphatic rings. The van der Waals surface area contributed by atoms with Gasteiger partial charge in [0.15, 0.2) is 0 Å². The fourth-order valence-corrected chi connectivity index (χ4v) is 2.46. The number of anilines is 1. The number of rotatable bonds is 5. The molecular formula is C19H20N4O. The average Bonchev–Trinajstić information content (AvgIpc) is 2.61. The summed E-state index contributed by atoms with van der Waals surface area (Å²) in [5, 5.41) is 3.94. The third kappa shape index (κ3) is 3.75. The van der Waals surface area contributed by atoms with E-state index in [0.717, 1.165) is 16.6 Å². The summed E-state index contributed by atoms with van der Waals surface area (Å²) in [6.07, 6.45) is 1.66. The van der Waals surface area contributed by atoms with Crippen molar-refractivity contribution < 1.29 is 4.79 Å². The molecule has 122 valence electrons. The highest BCUT2D eigenvalue weighted by molar-refractivity contribution is 5.93. The molecule has 5 heteroatoms. The van der Waals surface area contributed by atoms with Gasteiger partial charge in [-0.25, -0.2) is 4.98 Å². The molecule has 0 aliphatic heterocycles. The van der Waals surface area contributed by atoms with Gasteiger partial charge < -0.3 is 5.32 Å². The highest BCUT2D eigenvalue weighted by Crippen LogP contribution is 2.14. The molecule has 0 spiro atoms. The maximum atomic E-state index is 12.3. The number of hydrogen-bond acceptors (Lipinski definition) is 4. The number of para-hydroxylation sites is 1. The van der Waals surface area contributed by atoms with Crippen molar-refractivity contribution in [2.24, 2.45) is 0 Å². The molecule has 0 bridgehead atoms. The van der Waals surface area contributed by atoms with Crippen molar-refractivity contribution in [1.29, 1.82) is 0 Å². The lowest BCUT2D eigenvalue weighted by Crippen LogP contribution is -2.39. The highest BCUT2D eigenvalue weighted by Gasteiger charge is 2.19. The van der Waals surface area contributed by atoms with Crippen LogP contribution in [0.3, 0.4) is 0 Å². The summed E-state index contributed by atoms with van der Waals surface area (Å²) in [5.74, 6) is 0.476. The number of fused-ring (bicyclic) bond motifs is 1. The molecule has 5 nitrogen and oxygen atoms in total. The number of carbonyl (C=O) groups is 1. The molecule has 3 aromatic rings. The number of carbonyl (C=O) groups excluding carboxylic acids is 1. The maximum Gasteiger partial charge on any atom is 0.242 e. The van der Waals surface area contributed by atoms with E-state index in [1.807, 2.05) is 61.3 Å².